The lowest BCUT2D eigenvalue weighted by molar-refractivity contribution is 0.425. The van der Waals surface area contributed by atoms with Gasteiger partial charge in [-0.25, -0.2) is 0 Å². The van der Waals surface area contributed by atoms with Crippen LogP contribution in [0.15, 0.2) is 0 Å². The molecule has 2 rings (SSSR count). The lowest BCUT2D eigenvalue weighted by Crippen LogP contribution is -2.41. The van der Waals surface area contributed by atoms with E-state index in [-0.39, 0.29) is 5.54 Å². The van der Waals surface area contributed by atoms with Crippen molar-refractivity contribution in [2.75, 3.05) is 6.54 Å². The Morgan fingerprint density at radius 2 is 2.00 bits per heavy atom. The lowest BCUT2D eigenvalue weighted by atomic mass is 10.0. The second-order valence-electron chi connectivity index (χ2n) is 5.55. The highest BCUT2D eigenvalue weighted by atomic mass is 15.0. The van der Waals surface area contributed by atoms with Crippen molar-refractivity contribution in [3.63, 3.8) is 0 Å². The summed E-state index contributed by atoms with van der Waals surface area (Å²) in [4.78, 5) is 0. The molecule has 0 aromatic carbocycles. The molecule has 2 aliphatic carbocycles. The summed E-state index contributed by atoms with van der Waals surface area (Å²) in [5, 5.41) is 3.66. The number of hydrogen-bond acceptors (Lipinski definition) is 2. The third-order valence-corrected chi connectivity index (χ3v) is 3.89. The van der Waals surface area contributed by atoms with Gasteiger partial charge in [-0.2, -0.15) is 0 Å². The van der Waals surface area contributed by atoms with Gasteiger partial charge in [0, 0.05) is 18.1 Å². The number of nitrogens with two attached hydrogens (primary N) is 1. The topological polar surface area (TPSA) is 38.0 Å². The van der Waals surface area contributed by atoms with E-state index in [0.717, 1.165) is 18.5 Å². The van der Waals surface area contributed by atoms with E-state index >= 15 is 0 Å². The van der Waals surface area contributed by atoms with Gasteiger partial charge < -0.3 is 11.1 Å². The van der Waals surface area contributed by atoms with E-state index in [1.165, 1.54) is 44.9 Å². The monoisotopic (exact) mass is 196 g/mol. The van der Waals surface area contributed by atoms with Crippen LogP contribution in [-0.2, 0) is 0 Å². The second-order valence-corrected chi connectivity index (χ2v) is 5.55. The Morgan fingerprint density at radius 3 is 2.71 bits per heavy atom. The molecule has 0 heterocycles. The van der Waals surface area contributed by atoms with Crippen LogP contribution in [0.2, 0.25) is 0 Å². The Hall–Kier alpha value is -0.0800. The Morgan fingerprint density at radius 1 is 1.21 bits per heavy atom. The highest BCUT2D eigenvalue weighted by molar-refractivity contribution is 5.01. The Balaban J connectivity index is 1.69. The minimum Gasteiger partial charge on any atom is -0.324 e. The van der Waals surface area contributed by atoms with Crippen LogP contribution in [0.3, 0.4) is 0 Å². The molecule has 82 valence electrons. The minimum atomic E-state index is 0.178. The highest BCUT2D eigenvalue weighted by Crippen LogP contribution is 2.31. The zero-order valence-corrected chi connectivity index (χ0v) is 9.39. The van der Waals surface area contributed by atoms with Gasteiger partial charge in [-0.05, 0) is 38.0 Å². The summed E-state index contributed by atoms with van der Waals surface area (Å²) in [6, 6.07) is 0.751. The smallest absolute Gasteiger partial charge is 0.0282 e. The van der Waals surface area contributed by atoms with Crippen molar-refractivity contribution in [2.45, 2.75) is 63.5 Å². The van der Waals surface area contributed by atoms with Gasteiger partial charge in [0.2, 0.25) is 0 Å². The van der Waals surface area contributed by atoms with Gasteiger partial charge in [0.1, 0.15) is 0 Å². The molecule has 14 heavy (non-hydrogen) atoms. The second kappa shape index (κ2) is 4.19. The summed E-state index contributed by atoms with van der Waals surface area (Å²) in [5.74, 6) is 0.939. The molecule has 2 unspecified atom stereocenters. The van der Waals surface area contributed by atoms with E-state index in [2.05, 4.69) is 12.2 Å². The van der Waals surface area contributed by atoms with Crippen molar-refractivity contribution < 1.29 is 0 Å². The van der Waals surface area contributed by atoms with Gasteiger partial charge in [-0.15, -0.1) is 0 Å². The summed E-state index contributed by atoms with van der Waals surface area (Å²) in [6.45, 7) is 3.43. The average Bonchev–Trinajstić information content (AvgIpc) is 2.90. The van der Waals surface area contributed by atoms with Gasteiger partial charge in [-0.1, -0.05) is 19.8 Å². The van der Waals surface area contributed by atoms with Crippen LogP contribution in [0.25, 0.3) is 0 Å². The van der Waals surface area contributed by atoms with Crippen molar-refractivity contribution in [3.05, 3.63) is 0 Å². The summed E-state index contributed by atoms with van der Waals surface area (Å²) in [6.07, 6.45) is 9.39. The van der Waals surface area contributed by atoms with Crippen LogP contribution < -0.4 is 11.1 Å². The molecule has 0 spiro atoms. The van der Waals surface area contributed by atoms with Gasteiger partial charge in [0.15, 0.2) is 0 Å². The van der Waals surface area contributed by atoms with Crippen molar-refractivity contribution >= 4 is 0 Å². The molecule has 0 amide bonds. The number of rotatable bonds is 3. The first-order chi connectivity index (χ1) is 6.68. The third kappa shape index (κ3) is 2.96. The third-order valence-electron chi connectivity index (χ3n) is 3.89. The van der Waals surface area contributed by atoms with Crippen LogP contribution >= 0.6 is 0 Å². The normalized spacial score (nSPS) is 36.4. The van der Waals surface area contributed by atoms with Crippen molar-refractivity contribution in [1.29, 1.82) is 0 Å². The van der Waals surface area contributed by atoms with Crippen LogP contribution in [0.4, 0.5) is 0 Å². The van der Waals surface area contributed by atoms with Crippen LogP contribution in [0.5, 0.6) is 0 Å². The van der Waals surface area contributed by atoms with E-state index in [1.54, 1.807) is 0 Å². The van der Waals surface area contributed by atoms with E-state index in [1.807, 2.05) is 0 Å². The zero-order valence-electron chi connectivity index (χ0n) is 9.39. The van der Waals surface area contributed by atoms with E-state index in [4.69, 9.17) is 5.73 Å². The molecule has 2 atom stereocenters. The predicted octanol–water partition coefficient (Wildman–Crippen LogP) is 2.04. The molecule has 3 N–H and O–H groups in total. The first kappa shape index (κ1) is 10.4. The molecule has 2 heteroatoms. The first-order valence-electron chi connectivity index (χ1n) is 6.20. The molecule has 2 aliphatic rings. The van der Waals surface area contributed by atoms with Gasteiger partial charge >= 0.3 is 0 Å². The zero-order chi connectivity index (χ0) is 10.0. The quantitative estimate of drug-likeness (QED) is 0.678. The van der Waals surface area contributed by atoms with Crippen LogP contribution in [0, 0.1) is 5.92 Å². The van der Waals surface area contributed by atoms with Crippen LogP contribution in [-0.4, -0.2) is 18.1 Å². The van der Waals surface area contributed by atoms with Crippen LogP contribution in [0.1, 0.15) is 51.9 Å². The molecule has 2 saturated carbocycles. The van der Waals surface area contributed by atoms with Crippen molar-refractivity contribution in [3.8, 4) is 0 Å². The van der Waals surface area contributed by atoms with Crippen molar-refractivity contribution in [2.24, 2.45) is 11.7 Å². The fraction of sp³-hybridized carbons (Fsp3) is 1.00. The van der Waals surface area contributed by atoms with E-state index in [9.17, 15) is 0 Å². The molecule has 2 nitrogen and oxygen atoms in total. The molecule has 0 aromatic rings. The molecular weight excluding hydrogens is 172 g/mol. The van der Waals surface area contributed by atoms with Gasteiger partial charge in [-0.3, -0.25) is 0 Å². The number of hydrogen-bond donors (Lipinski definition) is 2. The summed E-state index contributed by atoms with van der Waals surface area (Å²) in [5.41, 5.74) is 6.25. The molecular formula is C12H24N2. The standard InChI is InChI=1S/C12H24N2/c1-10-3-2-4-11(6-5-10)14-9-12(13)7-8-12/h10-11,14H,2-9,13H2,1H3. The first-order valence-corrected chi connectivity index (χ1v) is 6.20. The summed E-state index contributed by atoms with van der Waals surface area (Å²) >= 11 is 0. The largest absolute Gasteiger partial charge is 0.324 e. The molecule has 0 saturated heterocycles. The maximum Gasteiger partial charge on any atom is 0.0282 e. The Bertz CT molecular complexity index is 187. The predicted molar refractivity (Wildman–Crippen MR) is 60.2 cm³/mol. The maximum atomic E-state index is 6.07. The van der Waals surface area contributed by atoms with E-state index < -0.39 is 0 Å². The Kier molecular flexibility index (Phi) is 3.13. The van der Waals surface area contributed by atoms with E-state index in [0.29, 0.717) is 0 Å². The lowest BCUT2D eigenvalue weighted by Gasteiger charge is -2.19. The molecule has 2 fully saturated rings. The number of nitrogens with one attached hydrogen (secondary N) is 1. The summed E-state index contributed by atoms with van der Waals surface area (Å²) < 4.78 is 0. The minimum absolute atomic E-state index is 0.178. The fourth-order valence-corrected chi connectivity index (χ4v) is 2.38. The average molecular weight is 196 g/mol. The fourth-order valence-electron chi connectivity index (χ4n) is 2.38. The molecule has 0 radical (unpaired) electrons. The van der Waals surface area contributed by atoms with Gasteiger partial charge in [0.25, 0.3) is 0 Å². The maximum absolute atomic E-state index is 6.07. The van der Waals surface area contributed by atoms with Gasteiger partial charge in [0.05, 0.1) is 0 Å². The molecule has 0 bridgehead atoms. The SMILES string of the molecule is CC1CCCC(NCC2(N)CC2)CC1. The Labute approximate surface area is 87.6 Å². The highest BCUT2D eigenvalue weighted by Gasteiger charge is 2.38. The van der Waals surface area contributed by atoms with Crippen molar-refractivity contribution in [1.82, 2.24) is 5.32 Å². The summed E-state index contributed by atoms with van der Waals surface area (Å²) in [7, 11) is 0. The molecule has 0 aromatic heterocycles. The molecule has 0 aliphatic heterocycles.